The van der Waals surface area contributed by atoms with Crippen LogP contribution in [0.2, 0.25) is 0 Å². The maximum Gasteiger partial charge on any atom is 0.226 e. The van der Waals surface area contributed by atoms with Crippen LogP contribution in [0.25, 0.3) is 0 Å². The molecule has 0 radical (unpaired) electrons. The van der Waals surface area contributed by atoms with Crippen LogP contribution in [-0.2, 0) is 28.5 Å². The Morgan fingerprint density at radius 1 is 0.969 bits per heavy atom. The van der Waals surface area contributed by atoms with Crippen LogP contribution in [0, 0.1) is 0 Å². The van der Waals surface area contributed by atoms with Gasteiger partial charge in [-0.1, -0.05) is 60.7 Å². The second kappa shape index (κ2) is 8.57. The van der Waals surface area contributed by atoms with E-state index in [0.29, 0.717) is 6.42 Å². The Bertz CT molecular complexity index is 888. The van der Waals surface area contributed by atoms with Crippen molar-refractivity contribution >= 4 is 5.91 Å². The number of hydrogen-bond acceptors (Lipinski definition) is 6. The minimum Gasteiger partial charge on any atom is -0.360 e. The molecule has 6 atom stereocenters. The number of β-lactam (4-membered cyclic amide) rings is 1. The van der Waals surface area contributed by atoms with E-state index in [1.165, 1.54) is 0 Å². The summed E-state index contributed by atoms with van der Waals surface area (Å²) in [7, 11) is 0. The van der Waals surface area contributed by atoms with Gasteiger partial charge in [0, 0.05) is 0 Å². The Morgan fingerprint density at radius 3 is 2.12 bits per heavy atom. The zero-order chi connectivity index (χ0) is 22.3. The Hall–Kier alpha value is -2.29. The zero-order valence-electron chi connectivity index (χ0n) is 18.5. The smallest absolute Gasteiger partial charge is 0.226 e. The van der Waals surface area contributed by atoms with Crippen molar-refractivity contribution in [2.75, 3.05) is 0 Å². The molecule has 3 aliphatic heterocycles. The van der Waals surface area contributed by atoms with E-state index in [1.54, 1.807) is 0 Å². The summed E-state index contributed by atoms with van der Waals surface area (Å²) in [5.74, 6) is -0.774. The lowest BCUT2D eigenvalue weighted by molar-refractivity contribution is -0.239. The molecular weight excluding hydrogens is 410 g/mol. The predicted molar refractivity (Wildman–Crippen MR) is 115 cm³/mol. The molecule has 170 valence electrons. The highest BCUT2D eigenvalue weighted by Gasteiger charge is 2.57. The Labute approximate surface area is 187 Å². The first-order valence-corrected chi connectivity index (χ1v) is 11.1. The summed E-state index contributed by atoms with van der Waals surface area (Å²) in [4.78, 5) is 11.3. The third-order valence-corrected chi connectivity index (χ3v) is 6.06. The molecule has 1 N–H and O–H groups in total. The van der Waals surface area contributed by atoms with Crippen molar-refractivity contribution in [3.05, 3.63) is 71.8 Å². The van der Waals surface area contributed by atoms with Gasteiger partial charge in [-0.25, -0.2) is 0 Å². The minimum atomic E-state index is -0.761. The van der Waals surface area contributed by atoms with E-state index < -0.39 is 30.4 Å². The fourth-order valence-electron chi connectivity index (χ4n) is 4.54. The summed E-state index contributed by atoms with van der Waals surface area (Å²) in [6.07, 6.45) is -2.40. The molecular formula is C25H29NO6. The molecule has 3 heterocycles. The van der Waals surface area contributed by atoms with Gasteiger partial charge in [0.1, 0.15) is 30.6 Å². The molecule has 2 aromatic rings. The Balaban J connectivity index is 1.42. The number of ether oxygens (including phenoxy) is 5. The number of nitrogens with one attached hydrogen (secondary N) is 1. The first-order chi connectivity index (χ1) is 15.4. The molecule has 3 fully saturated rings. The average Bonchev–Trinajstić information content (AvgIpc) is 3.24. The number of fused-ring (bicyclic) bond motifs is 1. The molecule has 5 rings (SSSR count). The van der Waals surface area contributed by atoms with Crippen LogP contribution in [0.15, 0.2) is 60.7 Å². The van der Waals surface area contributed by atoms with E-state index in [2.05, 4.69) is 29.6 Å². The van der Waals surface area contributed by atoms with Gasteiger partial charge in [0.2, 0.25) is 5.91 Å². The van der Waals surface area contributed by atoms with Gasteiger partial charge in [-0.15, -0.1) is 0 Å². The van der Waals surface area contributed by atoms with Crippen molar-refractivity contribution in [1.82, 2.24) is 5.32 Å². The third kappa shape index (κ3) is 4.31. The van der Waals surface area contributed by atoms with Crippen molar-refractivity contribution in [2.24, 2.45) is 0 Å². The van der Waals surface area contributed by atoms with E-state index >= 15 is 0 Å². The minimum absolute atomic E-state index is 0.0131. The van der Waals surface area contributed by atoms with Crippen LogP contribution in [0.4, 0.5) is 0 Å². The second-order valence-electron chi connectivity index (χ2n) is 8.97. The van der Waals surface area contributed by atoms with Crippen LogP contribution in [0.3, 0.4) is 0 Å². The lowest BCUT2D eigenvalue weighted by Gasteiger charge is -2.35. The van der Waals surface area contributed by atoms with Gasteiger partial charge in [-0.05, 0) is 31.9 Å². The number of amides is 1. The van der Waals surface area contributed by atoms with E-state index in [-0.39, 0.29) is 24.3 Å². The highest BCUT2D eigenvalue weighted by molar-refractivity contribution is 5.82. The molecule has 0 aromatic heterocycles. The molecule has 0 spiro atoms. The summed E-state index contributed by atoms with van der Waals surface area (Å²) < 4.78 is 31.3. The van der Waals surface area contributed by atoms with Gasteiger partial charge in [-0.2, -0.15) is 0 Å². The molecule has 32 heavy (non-hydrogen) atoms. The molecule has 0 aliphatic carbocycles. The highest BCUT2D eigenvalue weighted by atomic mass is 16.8. The number of carbonyl (C=O) groups excluding carboxylic acids is 1. The van der Waals surface area contributed by atoms with Gasteiger partial charge in [-0.3, -0.25) is 4.79 Å². The lowest BCUT2D eigenvalue weighted by Crippen LogP contribution is -2.53. The van der Waals surface area contributed by atoms with Crippen molar-refractivity contribution in [1.29, 1.82) is 0 Å². The van der Waals surface area contributed by atoms with Crippen molar-refractivity contribution in [3.8, 4) is 0 Å². The van der Waals surface area contributed by atoms with Crippen molar-refractivity contribution < 1.29 is 28.5 Å². The van der Waals surface area contributed by atoms with E-state index in [1.807, 2.05) is 57.2 Å². The largest absolute Gasteiger partial charge is 0.360 e. The van der Waals surface area contributed by atoms with Crippen LogP contribution in [0.1, 0.15) is 44.4 Å². The van der Waals surface area contributed by atoms with Gasteiger partial charge in [0.05, 0.1) is 12.5 Å². The molecule has 7 nitrogen and oxygen atoms in total. The molecule has 0 bridgehead atoms. The maximum absolute atomic E-state index is 11.3. The van der Waals surface area contributed by atoms with Crippen LogP contribution >= 0.6 is 0 Å². The SMILES string of the molecule is C[C@@H](O[C@@H]1CC(=O)N1)[C@H]1O[C@@H]2OC(C)(C)O[C@@H]2[C@H]1OC(c1ccccc1)c1ccccc1. The van der Waals surface area contributed by atoms with Gasteiger partial charge < -0.3 is 29.0 Å². The summed E-state index contributed by atoms with van der Waals surface area (Å²) in [6, 6.07) is 20.2. The highest BCUT2D eigenvalue weighted by Crippen LogP contribution is 2.43. The average molecular weight is 440 g/mol. The molecule has 1 amide bonds. The normalized spacial score (nSPS) is 31.8. The molecule has 0 saturated carbocycles. The number of hydrogen-bond donors (Lipinski definition) is 1. The topological polar surface area (TPSA) is 75.3 Å². The lowest BCUT2D eigenvalue weighted by atomic mass is 9.99. The van der Waals surface area contributed by atoms with Crippen molar-refractivity contribution in [2.45, 2.75) is 76.0 Å². The van der Waals surface area contributed by atoms with E-state index in [0.717, 1.165) is 11.1 Å². The molecule has 0 unspecified atom stereocenters. The van der Waals surface area contributed by atoms with E-state index in [4.69, 9.17) is 23.7 Å². The van der Waals surface area contributed by atoms with Crippen LogP contribution < -0.4 is 5.32 Å². The fourth-order valence-corrected chi connectivity index (χ4v) is 4.54. The fraction of sp³-hybridized carbons (Fsp3) is 0.480. The quantitative estimate of drug-likeness (QED) is 0.668. The van der Waals surface area contributed by atoms with Crippen LogP contribution in [-0.4, -0.2) is 48.6 Å². The predicted octanol–water partition coefficient (Wildman–Crippen LogP) is 3.29. The van der Waals surface area contributed by atoms with Gasteiger partial charge >= 0.3 is 0 Å². The third-order valence-electron chi connectivity index (χ3n) is 6.06. The summed E-state index contributed by atoms with van der Waals surface area (Å²) >= 11 is 0. The molecule has 3 saturated heterocycles. The number of benzene rings is 2. The first kappa shape index (κ1) is 21.6. The number of carbonyl (C=O) groups is 1. The molecule has 3 aliphatic rings. The van der Waals surface area contributed by atoms with Gasteiger partial charge in [0.25, 0.3) is 0 Å². The Kier molecular flexibility index (Phi) is 5.77. The maximum atomic E-state index is 11.3. The van der Waals surface area contributed by atoms with Crippen LogP contribution in [0.5, 0.6) is 0 Å². The van der Waals surface area contributed by atoms with Gasteiger partial charge in [0.15, 0.2) is 12.1 Å². The Morgan fingerprint density at radius 2 is 1.56 bits per heavy atom. The summed E-state index contributed by atoms with van der Waals surface area (Å²) in [5, 5.41) is 2.75. The number of rotatable bonds is 7. The monoisotopic (exact) mass is 439 g/mol. The van der Waals surface area contributed by atoms with Crippen molar-refractivity contribution in [3.63, 3.8) is 0 Å². The summed E-state index contributed by atoms with van der Waals surface area (Å²) in [5.41, 5.74) is 2.08. The summed E-state index contributed by atoms with van der Waals surface area (Å²) in [6.45, 7) is 5.67. The van der Waals surface area contributed by atoms with E-state index in [9.17, 15) is 4.79 Å². The standard InChI is InChI=1S/C25H29NO6/c1-15(28-19-14-18(27)26-19)20-22(23-24(30-20)32-25(2,3)31-23)29-21(16-10-6-4-7-11-16)17-12-8-5-9-13-17/h4-13,15,19-24H,14H2,1-3H3,(H,26,27)/t15-,19-,20-,22+,23-,24-/m1/s1. The second-order valence-corrected chi connectivity index (χ2v) is 8.97. The zero-order valence-corrected chi connectivity index (χ0v) is 18.5. The first-order valence-electron chi connectivity index (χ1n) is 11.1. The molecule has 7 heteroatoms. The molecule has 2 aromatic carbocycles.